The van der Waals surface area contributed by atoms with Crippen LogP contribution in [0.5, 0.6) is 11.5 Å². The summed E-state index contributed by atoms with van der Waals surface area (Å²) in [6.45, 7) is 1.25. The smallest absolute Gasteiger partial charge is 0.233 e. The van der Waals surface area contributed by atoms with Gasteiger partial charge >= 0.3 is 0 Å². The third-order valence-electron chi connectivity index (χ3n) is 5.51. The van der Waals surface area contributed by atoms with Gasteiger partial charge in [-0.2, -0.15) is 0 Å². The number of phenols is 2. The second kappa shape index (κ2) is 12.4. The van der Waals surface area contributed by atoms with E-state index in [1.807, 2.05) is 0 Å². The van der Waals surface area contributed by atoms with Gasteiger partial charge in [0.15, 0.2) is 24.1 Å². The van der Waals surface area contributed by atoms with Crippen LogP contribution in [0.1, 0.15) is 93.3 Å². The zero-order chi connectivity index (χ0) is 25.3. The number of aromatic hydroxyl groups is 2. The van der Waals surface area contributed by atoms with Crippen LogP contribution in [0.2, 0.25) is 0 Å². The first-order chi connectivity index (χ1) is 16.2. The number of hydrogen-bond acceptors (Lipinski definition) is 8. The highest BCUT2D eigenvalue weighted by molar-refractivity contribution is 6.06. The molecule has 5 N–H and O–H groups in total. The Morgan fingerprint density at radius 2 is 1.29 bits per heavy atom. The van der Waals surface area contributed by atoms with Crippen LogP contribution < -0.4 is 11.3 Å². The second-order valence-electron chi connectivity index (χ2n) is 7.97. The molecule has 2 rings (SSSR count). The highest BCUT2D eigenvalue weighted by Crippen LogP contribution is 2.34. The van der Waals surface area contributed by atoms with E-state index in [1.54, 1.807) is 0 Å². The fraction of sp³-hybridized carbons (Fsp3) is 0.320. The van der Waals surface area contributed by atoms with E-state index in [1.165, 1.54) is 31.2 Å². The molecular weight excluding hydrogens is 440 g/mol. The predicted molar refractivity (Wildman–Crippen MR) is 125 cm³/mol. The van der Waals surface area contributed by atoms with Crippen molar-refractivity contribution in [2.75, 3.05) is 0 Å². The first-order valence-corrected chi connectivity index (χ1v) is 10.9. The van der Waals surface area contributed by atoms with Crippen molar-refractivity contribution in [2.45, 2.75) is 51.9 Å². The van der Waals surface area contributed by atoms with Gasteiger partial charge in [0.1, 0.15) is 11.5 Å². The third kappa shape index (κ3) is 6.58. The molecule has 0 bridgehead atoms. The lowest BCUT2D eigenvalue weighted by Crippen LogP contribution is -2.29. The van der Waals surface area contributed by atoms with Crippen LogP contribution in [0.25, 0.3) is 11.1 Å². The Labute approximate surface area is 196 Å². The van der Waals surface area contributed by atoms with Crippen LogP contribution in [-0.4, -0.2) is 40.3 Å². The Bertz CT molecular complexity index is 1080. The Balaban J connectivity index is 2.23. The summed E-state index contributed by atoms with van der Waals surface area (Å²) >= 11 is 0. The van der Waals surface area contributed by atoms with Gasteiger partial charge in [0.25, 0.3) is 0 Å². The van der Waals surface area contributed by atoms with Gasteiger partial charge in [-0.15, -0.1) is 0 Å². The fourth-order valence-electron chi connectivity index (χ4n) is 3.62. The largest absolute Gasteiger partial charge is 0.506 e. The van der Waals surface area contributed by atoms with Gasteiger partial charge in [0.2, 0.25) is 5.91 Å². The van der Waals surface area contributed by atoms with Crippen molar-refractivity contribution in [3.63, 3.8) is 0 Å². The summed E-state index contributed by atoms with van der Waals surface area (Å²) in [5.41, 5.74) is 2.42. The van der Waals surface area contributed by atoms with Gasteiger partial charge in [-0.25, -0.2) is 5.84 Å². The Hall–Kier alpha value is -3.85. The number of carbonyl (C=O) groups excluding carboxylic acids is 5. The number of amides is 1. The SMILES string of the molecule is CC(=O)c1cc(-c2cc(C=O)c(O)c(C=O)c2)cc(C(=O)CCCCCCCC(=O)NN)c1O. The lowest BCUT2D eigenvalue weighted by molar-refractivity contribution is -0.121. The molecule has 2 aromatic carbocycles. The number of nitrogens with one attached hydrogen (secondary N) is 1. The highest BCUT2D eigenvalue weighted by Gasteiger charge is 2.20. The monoisotopic (exact) mass is 468 g/mol. The maximum atomic E-state index is 12.9. The quantitative estimate of drug-likeness (QED) is 0.0866. The number of aldehydes is 2. The number of hydrogen-bond donors (Lipinski definition) is 4. The Morgan fingerprint density at radius 1 is 0.794 bits per heavy atom. The maximum Gasteiger partial charge on any atom is 0.233 e. The van der Waals surface area contributed by atoms with Gasteiger partial charge in [-0.1, -0.05) is 19.3 Å². The number of carbonyl (C=O) groups is 5. The minimum absolute atomic E-state index is 0.0318. The van der Waals surface area contributed by atoms with E-state index in [0.717, 1.165) is 19.3 Å². The number of ketones is 2. The average Bonchev–Trinajstić information content (AvgIpc) is 2.83. The lowest BCUT2D eigenvalue weighted by Gasteiger charge is -2.13. The molecule has 0 aromatic heterocycles. The minimum atomic E-state index is -0.459. The van der Waals surface area contributed by atoms with Crippen molar-refractivity contribution in [3.05, 3.63) is 46.5 Å². The molecule has 180 valence electrons. The summed E-state index contributed by atoms with van der Waals surface area (Å²) in [5, 5.41) is 20.5. The van der Waals surface area contributed by atoms with E-state index >= 15 is 0 Å². The highest BCUT2D eigenvalue weighted by atomic mass is 16.3. The molecule has 34 heavy (non-hydrogen) atoms. The van der Waals surface area contributed by atoms with Gasteiger partial charge in [0, 0.05) is 12.8 Å². The summed E-state index contributed by atoms with van der Waals surface area (Å²) in [6, 6.07) is 5.46. The minimum Gasteiger partial charge on any atom is -0.506 e. The van der Waals surface area contributed by atoms with Crippen molar-refractivity contribution < 1.29 is 34.2 Å². The van der Waals surface area contributed by atoms with Crippen molar-refractivity contribution >= 4 is 30.0 Å². The molecule has 0 aliphatic heterocycles. The molecule has 9 nitrogen and oxygen atoms in total. The Kier molecular flexibility index (Phi) is 9.63. The van der Waals surface area contributed by atoms with Gasteiger partial charge in [-0.3, -0.25) is 29.4 Å². The van der Waals surface area contributed by atoms with Crippen molar-refractivity contribution in [1.29, 1.82) is 0 Å². The third-order valence-corrected chi connectivity index (χ3v) is 5.51. The molecule has 0 aliphatic carbocycles. The maximum absolute atomic E-state index is 12.9. The molecular formula is C25H28N2O7. The molecule has 0 radical (unpaired) electrons. The fourth-order valence-corrected chi connectivity index (χ4v) is 3.62. The molecule has 0 aliphatic rings. The normalized spacial score (nSPS) is 10.5. The first-order valence-electron chi connectivity index (χ1n) is 10.9. The number of Topliss-reactive ketones (excluding diaryl/α,β-unsaturated/α-hetero) is 2. The van der Waals surface area contributed by atoms with Crippen LogP contribution in [0, 0.1) is 0 Å². The lowest BCUT2D eigenvalue weighted by atomic mass is 9.92. The number of hydrazine groups is 1. The average molecular weight is 469 g/mol. The number of benzene rings is 2. The van der Waals surface area contributed by atoms with Crippen LogP contribution in [0.3, 0.4) is 0 Å². The van der Waals surface area contributed by atoms with E-state index in [-0.39, 0.29) is 40.4 Å². The molecule has 0 fully saturated rings. The van der Waals surface area contributed by atoms with E-state index in [2.05, 4.69) is 5.43 Å². The summed E-state index contributed by atoms with van der Waals surface area (Å²) in [5.74, 6) is 3.12. The van der Waals surface area contributed by atoms with E-state index in [4.69, 9.17) is 5.84 Å². The van der Waals surface area contributed by atoms with Crippen LogP contribution in [0.4, 0.5) is 0 Å². The van der Waals surface area contributed by atoms with E-state index in [0.29, 0.717) is 43.0 Å². The van der Waals surface area contributed by atoms with Gasteiger partial charge < -0.3 is 10.2 Å². The summed E-state index contributed by atoms with van der Waals surface area (Å²) in [7, 11) is 0. The standard InChI is InChI=1S/C25H28N2O7/c1-15(30)20-11-17(16-9-18(13-28)24(33)19(10-16)14-29)12-21(25(20)34)22(31)7-5-3-2-4-6-8-23(32)27-26/h9-14,33-34H,2-8,26H2,1H3,(H,27,32). The number of nitrogens with two attached hydrogens (primary N) is 1. The molecule has 0 spiro atoms. The molecule has 0 saturated carbocycles. The zero-order valence-electron chi connectivity index (χ0n) is 18.9. The molecule has 0 unspecified atom stereocenters. The van der Waals surface area contributed by atoms with Gasteiger partial charge in [0.05, 0.1) is 22.3 Å². The predicted octanol–water partition coefficient (Wildman–Crippen LogP) is 3.50. The summed E-state index contributed by atoms with van der Waals surface area (Å²) < 4.78 is 0. The van der Waals surface area contributed by atoms with Gasteiger partial charge in [-0.05, 0) is 55.2 Å². The molecule has 9 heteroatoms. The molecule has 0 atom stereocenters. The first kappa shape index (κ1) is 26.4. The molecule has 0 saturated heterocycles. The number of unbranched alkanes of at least 4 members (excludes halogenated alkanes) is 4. The number of phenolic OH excluding ortho intramolecular Hbond substituents is 2. The van der Waals surface area contributed by atoms with Crippen molar-refractivity contribution in [2.24, 2.45) is 5.84 Å². The molecule has 0 heterocycles. The van der Waals surface area contributed by atoms with Crippen molar-refractivity contribution in [3.8, 4) is 22.6 Å². The van der Waals surface area contributed by atoms with E-state index < -0.39 is 17.3 Å². The zero-order valence-corrected chi connectivity index (χ0v) is 18.9. The molecule has 1 amide bonds. The molecule has 2 aromatic rings. The second-order valence-corrected chi connectivity index (χ2v) is 7.97. The van der Waals surface area contributed by atoms with Crippen molar-refractivity contribution in [1.82, 2.24) is 5.43 Å². The van der Waals surface area contributed by atoms with Crippen LogP contribution in [0.15, 0.2) is 24.3 Å². The summed E-state index contributed by atoms with van der Waals surface area (Å²) in [4.78, 5) is 58.6. The summed E-state index contributed by atoms with van der Waals surface area (Å²) in [6.07, 6.45) is 4.93. The van der Waals surface area contributed by atoms with Crippen LogP contribution >= 0.6 is 0 Å². The van der Waals surface area contributed by atoms with Crippen LogP contribution in [-0.2, 0) is 4.79 Å². The Morgan fingerprint density at radius 3 is 1.82 bits per heavy atom. The topological polar surface area (TPSA) is 164 Å². The number of rotatable bonds is 13. The van der Waals surface area contributed by atoms with E-state index in [9.17, 15) is 34.2 Å².